The van der Waals surface area contributed by atoms with Crippen LogP contribution in [0.4, 0.5) is 9.18 Å². The van der Waals surface area contributed by atoms with Gasteiger partial charge in [0.05, 0.1) is 0 Å². The molecular formula is C19H23FN2O4S. The second-order valence-electron chi connectivity index (χ2n) is 6.20. The standard InChI is InChI=1S/C19H23FN2O4S/c1-4-21-19(23)22(14(2)3)13-15-6-5-7-17(12-15)26-27(24,25)18-10-8-16(20)9-11-18/h5-12,14H,4,13H2,1-3H3,(H,21,23). The Morgan fingerprint density at radius 2 is 1.85 bits per heavy atom. The highest BCUT2D eigenvalue weighted by molar-refractivity contribution is 7.87. The van der Waals surface area contributed by atoms with Crippen molar-refractivity contribution in [1.82, 2.24) is 10.2 Å². The van der Waals surface area contributed by atoms with Gasteiger partial charge in [0.15, 0.2) is 0 Å². The molecule has 1 N–H and O–H groups in total. The summed E-state index contributed by atoms with van der Waals surface area (Å²) in [4.78, 5) is 13.7. The van der Waals surface area contributed by atoms with Crippen molar-refractivity contribution < 1.29 is 21.8 Å². The molecule has 0 atom stereocenters. The maximum absolute atomic E-state index is 13.0. The smallest absolute Gasteiger partial charge is 0.339 e. The van der Waals surface area contributed by atoms with E-state index < -0.39 is 15.9 Å². The summed E-state index contributed by atoms with van der Waals surface area (Å²) in [5.74, 6) is -0.411. The van der Waals surface area contributed by atoms with Gasteiger partial charge in [-0.2, -0.15) is 8.42 Å². The van der Waals surface area contributed by atoms with Gasteiger partial charge in [-0.1, -0.05) is 12.1 Å². The molecule has 0 unspecified atom stereocenters. The first kappa shape index (κ1) is 20.7. The first-order valence-electron chi connectivity index (χ1n) is 8.56. The number of nitrogens with one attached hydrogen (secondary N) is 1. The van der Waals surface area contributed by atoms with Crippen molar-refractivity contribution in [2.75, 3.05) is 6.54 Å². The summed E-state index contributed by atoms with van der Waals surface area (Å²) in [6.07, 6.45) is 0. The van der Waals surface area contributed by atoms with Gasteiger partial charge in [0.1, 0.15) is 16.5 Å². The normalized spacial score (nSPS) is 11.3. The molecule has 2 aromatic rings. The van der Waals surface area contributed by atoms with Crippen LogP contribution in [0.3, 0.4) is 0 Å². The zero-order valence-corrected chi connectivity index (χ0v) is 16.3. The van der Waals surface area contributed by atoms with Crippen molar-refractivity contribution in [2.45, 2.75) is 38.3 Å². The molecule has 0 bridgehead atoms. The van der Waals surface area contributed by atoms with E-state index in [1.54, 1.807) is 23.1 Å². The molecule has 0 spiro atoms. The van der Waals surface area contributed by atoms with Crippen LogP contribution in [0.2, 0.25) is 0 Å². The SMILES string of the molecule is CCNC(=O)N(Cc1cccc(OS(=O)(=O)c2ccc(F)cc2)c1)C(C)C. The third-order valence-corrected chi connectivity index (χ3v) is 5.03. The minimum atomic E-state index is -4.08. The van der Waals surface area contributed by atoms with E-state index in [1.807, 2.05) is 20.8 Å². The van der Waals surface area contributed by atoms with E-state index in [2.05, 4.69) is 5.32 Å². The van der Waals surface area contributed by atoms with Gasteiger partial charge in [0, 0.05) is 19.1 Å². The summed E-state index contributed by atoms with van der Waals surface area (Å²) in [6.45, 7) is 6.45. The molecule has 0 saturated carbocycles. The Kier molecular flexibility index (Phi) is 6.79. The van der Waals surface area contributed by atoms with Gasteiger partial charge >= 0.3 is 16.1 Å². The molecule has 0 aliphatic heterocycles. The molecule has 0 heterocycles. The van der Waals surface area contributed by atoms with Gasteiger partial charge in [-0.3, -0.25) is 0 Å². The minimum Gasteiger partial charge on any atom is -0.379 e. The molecule has 0 aliphatic rings. The first-order chi connectivity index (χ1) is 12.7. The minimum absolute atomic E-state index is 0.0379. The fourth-order valence-electron chi connectivity index (χ4n) is 2.41. The van der Waals surface area contributed by atoms with Crippen LogP contribution in [0.5, 0.6) is 5.75 Å². The van der Waals surface area contributed by atoms with Crippen molar-refractivity contribution in [1.29, 1.82) is 0 Å². The van der Waals surface area contributed by atoms with E-state index in [0.717, 1.165) is 29.8 Å². The van der Waals surface area contributed by atoms with E-state index in [-0.39, 0.29) is 22.7 Å². The van der Waals surface area contributed by atoms with Crippen LogP contribution in [-0.2, 0) is 16.7 Å². The highest BCUT2D eigenvalue weighted by Crippen LogP contribution is 2.21. The molecule has 0 aliphatic carbocycles. The highest BCUT2D eigenvalue weighted by atomic mass is 32.2. The van der Waals surface area contributed by atoms with Gasteiger partial charge in [-0.25, -0.2) is 9.18 Å². The zero-order valence-electron chi connectivity index (χ0n) is 15.5. The van der Waals surface area contributed by atoms with Gasteiger partial charge in [0.25, 0.3) is 0 Å². The predicted molar refractivity (Wildman–Crippen MR) is 100 cm³/mol. The second kappa shape index (κ2) is 8.85. The molecule has 0 aromatic heterocycles. The lowest BCUT2D eigenvalue weighted by atomic mass is 10.2. The number of amides is 2. The Bertz CT molecular complexity index is 883. The van der Waals surface area contributed by atoms with Crippen molar-refractivity contribution in [3.63, 3.8) is 0 Å². The summed E-state index contributed by atoms with van der Waals surface area (Å²) >= 11 is 0. The number of urea groups is 1. The monoisotopic (exact) mass is 394 g/mol. The second-order valence-corrected chi connectivity index (χ2v) is 7.74. The topological polar surface area (TPSA) is 75.7 Å². The Morgan fingerprint density at radius 3 is 2.44 bits per heavy atom. The van der Waals surface area contributed by atoms with E-state index in [4.69, 9.17) is 4.18 Å². The molecule has 0 radical (unpaired) electrons. The van der Waals surface area contributed by atoms with Gasteiger partial charge in [0.2, 0.25) is 0 Å². The van der Waals surface area contributed by atoms with Crippen LogP contribution < -0.4 is 9.50 Å². The maximum atomic E-state index is 13.0. The van der Waals surface area contributed by atoms with E-state index in [0.29, 0.717) is 13.1 Å². The van der Waals surface area contributed by atoms with Crippen molar-refractivity contribution in [2.24, 2.45) is 0 Å². The Balaban J connectivity index is 2.19. The number of hydrogen-bond donors (Lipinski definition) is 1. The third-order valence-electron chi connectivity index (χ3n) is 3.77. The first-order valence-corrected chi connectivity index (χ1v) is 9.97. The third kappa shape index (κ3) is 5.68. The van der Waals surface area contributed by atoms with Crippen LogP contribution in [0.25, 0.3) is 0 Å². The van der Waals surface area contributed by atoms with Crippen molar-refractivity contribution in [3.8, 4) is 5.75 Å². The van der Waals surface area contributed by atoms with Crippen LogP contribution in [0, 0.1) is 5.82 Å². The predicted octanol–water partition coefficient (Wildman–Crippen LogP) is 3.53. The van der Waals surface area contributed by atoms with Crippen molar-refractivity contribution >= 4 is 16.1 Å². The van der Waals surface area contributed by atoms with E-state index >= 15 is 0 Å². The summed E-state index contributed by atoms with van der Waals surface area (Å²) in [5.41, 5.74) is 0.724. The molecule has 0 fully saturated rings. The molecule has 0 saturated heterocycles. The molecule has 6 nitrogen and oxygen atoms in total. The van der Waals surface area contributed by atoms with E-state index in [9.17, 15) is 17.6 Å². The van der Waals surface area contributed by atoms with Gasteiger partial charge in [-0.15, -0.1) is 0 Å². The summed E-state index contributed by atoms with van der Waals surface area (Å²) in [5, 5.41) is 2.76. The molecule has 146 valence electrons. The summed E-state index contributed by atoms with van der Waals surface area (Å²) in [6, 6.07) is 10.7. The Labute approximate surface area is 159 Å². The number of carbonyl (C=O) groups excluding carboxylic acids is 1. The average Bonchev–Trinajstić information content (AvgIpc) is 2.60. The fraction of sp³-hybridized carbons (Fsp3) is 0.316. The lowest BCUT2D eigenvalue weighted by molar-refractivity contribution is 0.180. The molecule has 2 aromatic carbocycles. The molecule has 2 rings (SSSR count). The Morgan fingerprint density at radius 1 is 1.19 bits per heavy atom. The highest BCUT2D eigenvalue weighted by Gasteiger charge is 2.19. The lowest BCUT2D eigenvalue weighted by Crippen LogP contribution is -2.43. The lowest BCUT2D eigenvalue weighted by Gasteiger charge is -2.27. The van der Waals surface area contributed by atoms with Crippen molar-refractivity contribution in [3.05, 3.63) is 59.9 Å². The molecule has 27 heavy (non-hydrogen) atoms. The number of rotatable bonds is 7. The summed E-state index contributed by atoms with van der Waals surface area (Å²) < 4.78 is 42.8. The van der Waals surface area contributed by atoms with Gasteiger partial charge in [-0.05, 0) is 62.7 Å². The largest absolute Gasteiger partial charge is 0.379 e. The molecule has 2 amide bonds. The zero-order chi connectivity index (χ0) is 20.0. The fourth-order valence-corrected chi connectivity index (χ4v) is 3.33. The number of benzene rings is 2. The number of hydrogen-bond acceptors (Lipinski definition) is 4. The van der Waals surface area contributed by atoms with Crippen LogP contribution in [0.15, 0.2) is 53.4 Å². The maximum Gasteiger partial charge on any atom is 0.339 e. The quantitative estimate of drug-likeness (QED) is 0.729. The van der Waals surface area contributed by atoms with E-state index in [1.165, 1.54) is 6.07 Å². The number of halogens is 1. The Hall–Kier alpha value is -2.61. The summed E-state index contributed by atoms with van der Waals surface area (Å²) in [7, 11) is -4.08. The molecule has 8 heteroatoms. The van der Waals surface area contributed by atoms with Crippen LogP contribution >= 0.6 is 0 Å². The van der Waals surface area contributed by atoms with Crippen LogP contribution in [0.1, 0.15) is 26.3 Å². The molecular weight excluding hydrogens is 371 g/mol. The van der Waals surface area contributed by atoms with Crippen LogP contribution in [-0.4, -0.2) is 31.9 Å². The average molecular weight is 394 g/mol. The number of carbonyl (C=O) groups is 1. The van der Waals surface area contributed by atoms with Gasteiger partial charge < -0.3 is 14.4 Å². The number of nitrogens with zero attached hydrogens (tertiary/aromatic N) is 1.